The molecule has 3 aromatic rings. The van der Waals surface area contributed by atoms with Gasteiger partial charge in [-0.05, 0) is 116 Å². The van der Waals surface area contributed by atoms with E-state index < -0.39 is 53.2 Å². The van der Waals surface area contributed by atoms with Crippen molar-refractivity contribution in [2.75, 3.05) is 0 Å². The Morgan fingerprint density at radius 1 is 0.646 bits per heavy atom. The maximum Gasteiger partial charge on any atom is 0.573 e. The molecule has 0 heterocycles. The summed E-state index contributed by atoms with van der Waals surface area (Å²) in [5, 5.41) is 0. The van der Waals surface area contributed by atoms with Gasteiger partial charge >= 0.3 is 12.5 Å². The van der Waals surface area contributed by atoms with Crippen LogP contribution < -0.4 is 4.74 Å². The average molecular weight is 687 g/mol. The number of ether oxygens (including phenoxy) is 2. The van der Waals surface area contributed by atoms with Crippen LogP contribution in [0.15, 0.2) is 48.5 Å². The largest absolute Gasteiger partial charge is 0.573 e. The molecule has 0 N–H and O–H groups in total. The number of hydrogen-bond donors (Lipinski definition) is 0. The minimum Gasteiger partial charge on any atom is -0.403 e. The fourth-order valence-corrected chi connectivity index (χ4v) is 7.25. The van der Waals surface area contributed by atoms with Crippen molar-refractivity contribution in [2.24, 2.45) is 5.92 Å². The molecule has 2 fully saturated rings. The van der Waals surface area contributed by atoms with Crippen LogP contribution in [0.5, 0.6) is 5.75 Å². The summed E-state index contributed by atoms with van der Waals surface area (Å²) in [6.07, 6.45) is -1.22. The van der Waals surface area contributed by atoms with Gasteiger partial charge in [-0.25, -0.2) is 17.6 Å². The maximum atomic E-state index is 15.2. The molecule has 0 atom stereocenters. The Hall–Kier alpha value is -3.21. The van der Waals surface area contributed by atoms with E-state index in [9.17, 15) is 17.6 Å². The van der Waals surface area contributed by atoms with E-state index in [-0.39, 0.29) is 35.8 Å². The summed E-state index contributed by atoms with van der Waals surface area (Å²) in [4.78, 5) is 0. The van der Waals surface area contributed by atoms with E-state index in [0.29, 0.717) is 29.9 Å². The number of unbranched alkanes of at least 4 members (excludes halogenated alkanes) is 2. The number of hydrogen-bond acceptors (Lipinski definition) is 2. The fourth-order valence-electron chi connectivity index (χ4n) is 7.25. The predicted octanol–water partition coefficient (Wildman–Crippen LogP) is 12.5. The van der Waals surface area contributed by atoms with Crippen molar-refractivity contribution in [3.8, 4) is 16.9 Å². The zero-order valence-electron chi connectivity index (χ0n) is 26.6. The predicted molar refractivity (Wildman–Crippen MR) is 164 cm³/mol. The standard InChI is InChI=1S/C37H39F9O2/c1-2-3-4-5-22-6-8-24(9-7-22)27-20-32(40)35(33(41)21-27)36(42,43)47-28-14-10-23(11-15-28)25-12-16-29(30(38)18-25)26-13-17-34(31(39)19-26)48-37(44,45)46/h12-13,16-24,28H,2-11,14-15H2,1H3. The number of halogens is 9. The molecule has 0 aliphatic heterocycles. The van der Waals surface area contributed by atoms with Crippen molar-refractivity contribution >= 4 is 0 Å². The molecule has 0 aromatic heterocycles. The van der Waals surface area contributed by atoms with Crippen LogP contribution in [-0.4, -0.2) is 12.5 Å². The molecular weight excluding hydrogens is 647 g/mol. The second-order valence-electron chi connectivity index (χ2n) is 13.1. The van der Waals surface area contributed by atoms with E-state index in [1.807, 2.05) is 0 Å². The lowest BCUT2D eigenvalue weighted by molar-refractivity contribution is -0.280. The van der Waals surface area contributed by atoms with E-state index >= 15 is 22.0 Å². The van der Waals surface area contributed by atoms with Crippen molar-refractivity contribution in [1.82, 2.24) is 0 Å². The van der Waals surface area contributed by atoms with Gasteiger partial charge in [-0.1, -0.05) is 50.8 Å². The van der Waals surface area contributed by atoms with Gasteiger partial charge in [0.1, 0.15) is 23.0 Å². The minimum atomic E-state index is -5.08. The van der Waals surface area contributed by atoms with E-state index in [2.05, 4.69) is 11.7 Å². The first-order valence-electron chi connectivity index (χ1n) is 16.6. The number of rotatable bonds is 11. The first kappa shape index (κ1) is 36.1. The summed E-state index contributed by atoms with van der Waals surface area (Å²) in [6.45, 7) is 2.15. The Morgan fingerprint density at radius 2 is 1.25 bits per heavy atom. The SMILES string of the molecule is CCCCCC1CCC(c2cc(F)c(C(F)(F)OC3CCC(c4ccc(-c5ccc(OC(F)(F)F)c(F)c5)c(F)c4)CC3)c(F)c2)CC1. The molecule has 5 rings (SSSR count). The second kappa shape index (κ2) is 15.1. The number of alkyl halides is 5. The summed E-state index contributed by atoms with van der Waals surface area (Å²) < 4.78 is 136. The molecule has 2 aliphatic carbocycles. The van der Waals surface area contributed by atoms with Crippen LogP contribution in [0.3, 0.4) is 0 Å². The van der Waals surface area contributed by atoms with Gasteiger partial charge < -0.3 is 9.47 Å². The molecule has 262 valence electrons. The summed E-state index contributed by atoms with van der Waals surface area (Å²) >= 11 is 0. The molecule has 0 radical (unpaired) electrons. The van der Waals surface area contributed by atoms with Gasteiger partial charge in [0, 0.05) is 5.56 Å². The molecule has 0 bridgehead atoms. The van der Waals surface area contributed by atoms with Crippen molar-refractivity contribution in [3.63, 3.8) is 0 Å². The van der Waals surface area contributed by atoms with Crippen molar-refractivity contribution in [3.05, 3.63) is 88.5 Å². The van der Waals surface area contributed by atoms with Crippen LogP contribution in [0.4, 0.5) is 39.5 Å². The highest BCUT2D eigenvalue weighted by Crippen LogP contribution is 2.43. The summed E-state index contributed by atoms with van der Waals surface area (Å²) in [5.74, 6) is -5.45. The molecular formula is C37H39F9O2. The molecule has 0 amide bonds. The average Bonchev–Trinajstić information content (AvgIpc) is 3.01. The smallest absolute Gasteiger partial charge is 0.403 e. The Morgan fingerprint density at radius 3 is 1.83 bits per heavy atom. The maximum absolute atomic E-state index is 15.2. The van der Waals surface area contributed by atoms with Crippen molar-refractivity contribution < 1.29 is 49.0 Å². The molecule has 2 aliphatic rings. The van der Waals surface area contributed by atoms with E-state index in [4.69, 9.17) is 4.74 Å². The molecule has 0 unspecified atom stereocenters. The lowest BCUT2D eigenvalue weighted by atomic mass is 9.77. The molecule has 2 nitrogen and oxygen atoms in total. The second-order valence-corrected chi connectivity index (χ2v) is 13.1. The lowest BCUT2D eigenvalue weighted by Gasteiger charge is -2.32. The van der Waals surface area contributed by atoms with Crippen molar-refractivity contribution in [1.29, 1.82) is 0 Å². The van der Waals surface area contributed by atoms with Gasteiger partial charge in [0.25, 0.3) is 0 Å². The third kappa shape index (κ3) is 8.87. The first-order valence-corrected chi connectivity index (χ1v) is 16.6. The van der Waals surface area contributed by atoms with Crippen LogP contribution in [0.25, 0.3) is 11.1 Å². The van der Waals surface area contributed by atoms with Gasteiger partial charge in [0.2, 0.25) is 0 Å². The van der Waals surface area contributed by atoms with E-state index in [1.54, 1.807) is 6.07 Å². The van der Waals surface area contributed by atoms with Gasteiger partial charge in [-0.2, -0.15) is 8.78 Å². The highest BCUT2D eigenvalue weighted by Gasteiger charge is 2.43. The Labute approximate surface area is 274 Å². The van der Waals surface area contributed by atoms with Crippen LogP contribution in [0.1, 0.15) is 112 Å². The summed E-state index contributed by atoms with van der Waals surface area (Å²) in [6, 6.07) is 8.82. The Bertz CT molecular complexity index is 1520. The number of benzene rings is 3. The van der Waals surface area contributed by atoms with Gasteiger partial charge in [0.15, 0.2) is 11.6 Å². The van der Waals surface area contributed by atoms with Gasteiger partial charge in [-0.3, -0.25) is 0 Å². The third-order valence-corrected chi connectivity index (χ3v) is 9.81. The fraction of sp³-hybridized carbons (Fsp3) is 0.514. The van der Waals surface area contributed by atoms with Crippen LogP contribution in [-0.2, 0) is 10.8 Å². The van der Waals surface area contributed by atoms with Crippen LogP contribution >= 0.6 is 0 Å². The van der Waals surface area contributed by atoms with Crippen molar-refractivity contribution in [2.45, 2.75) is 114 Å². The monoisotopic (exact) mass is 686 g/mol. The molecule has 11 heteroatoms. The Kier molecular flexibility index (Phi) is 11.4. The zero-order chi connectivity index (χ0) is 34.6. The van der Waals surface area contributed by atoms with Gasteiger partial charge in [0.05, 0.1) is 6.10 Å². The highest BCUT2D eigenvalue weighted by molar-refractivity contribution is 5.65. The van der Waals surface area contributed by atoms with E-state index in [0.717, 1.165) is 68.9 Å². The lowest BCUT2D eigenvalue weighted by Crippen LogP contribution is -2.31. The first-order chi connectivity index (χ1) is 22.7. The molecule has 48 heavy (non-hydrogen) atoms. The topological polar surface area (TPSA) is 18.5 Å². The van der Waals surface area contributed by atoms with Crippen LogP contribution in [0.2, 0.25) is 0 Å². The van der Waals surface area contributed by atoms with E-state index in [1.165, 1.54) is 25.0 Å². The highest BCUT2D eigenvalue weighted by atomic mass is 19.4. The Balaban J connectivity index is 1.17. The molecule has 2 saturated carbocycles. The summed E-state index contributed by atoms with van der Waals surface area (Å²) in [5.41, 5.74) is -0.482. The zero-order valence-corrected chi connectivity index (χ0v) is 26.6. The summed E-state index contributed by atoms with van der Waals surface area (Å²) in [7, 11) is 0. The minimum absolute atomic E-state index is 0.00287. The third-order valence-electron chi connectivity index (χ3n) is 9.81. The molecule has 0 saturated heterocycles. The van der Waals surface area contributed by atoms with Crippen LogP contribution in [0, 0.1) is 29.2 Å². The molecule has 3 aromatic carbocycles. The molecule has 0 spiro atoms. The van der Waals surface area contributed by atoms with Gasteiger partial charge in [-0.15, -0.1) is 13.2 Å². The quantitative estimate of drug-likeness (QED) is 0.148. The normalized spacial score (nSPS) is 22.1.